The van der Waals surface area contributed by atoms with Crippen LogP contribution in [0.15, 0.2) is 12.2 Å². The van der Waals surface area contributed by atoms with E-state index in [4.69, 9.17) is 0 Å². The van der Waals surface area contributed by atoms with Gasteiger partial charge in [0.15, 0.2) is 0 Å². The van der Waals surface area contributed by atoms with Crippen molar-refractivity contribution in [3.63, 3.8) is 0 Å². The van der Waals surface area contributed by atoms with E-state index in [1.54, 1.807) is 0 Å². The summed E-state index contributed by atoms with van der Waals surface area (Å²) in [4.78, 5) is 2.62. The number of piperidine rings is 1. The van der Waals surface area contributed by atoms with Gasteiger partial charge in [0, 0.05) is 24.2 Å². The topological polar surface area (TPSA) is 15.3 Å². The molecule has 3 aliphatic rings. The minimum atomic E-state index is 0.748. The Morgan fingerprint density at radius 2 is 1.60 bits per heavy atom. The fraction of sp³-hybridized carbons (Fsp3) is 0.846. The summed E-state index contributed by atoms with van der Waals surface area (Å²) < 4.78 is 0. The fourth-order valence-corrected chi connectivity index (χ4v) is 3.63. The lowest BCUT2D eigenvalue weighted by Gasteiger charge is -2.37. The summed E-state index contributed by atoms with van der Waals surface area (Å²) >= 11 is 0. The van der Waals surface area contributed by atoms with Crippen LogP contribution in [-0.2, 0) is 0 Å². The molecule has 1 N–H and O–H groups in total. The van der Waals surface area contributed by atoms with E-state index in [0.717, 1.165) is 24.2 Å². The van der Waals surface area contributed by atoms with Gasteiger partial charge in [-0.1, -0.05) is 12.2 Å². The van der Waals surface area contributed by atoms with Crippen LogP contribution in [-0.4, -0.2) is 36.1 Å². The van der Waals surface area contributed by atoms with Gasteiger partial charge in [-0.25, -0.2) is 0 Å². The molecule has 0 aromatic carbocycles. The van der Waals surface area contributed by atoms with E-state index < -0.39 is 0 Å². The second kappa shape index (κ2) is 3.91. The maximum atomic E-state index is 3.85. The Morgan fingerprint density at radius 3 is 2.20 bits per heavy atom. The number of hydrogen-bond acceptors (Lipinski definition) is 2. The van der Waals surface area contributed by atoms with Crippen molar-refractivity contribution < 1.29 is 0 Å². The van der Waals surface area contributed by atoms with Crippen molar-refractivity contribution in [1.82, 2.24) is 10.2 Å². The highest BCUT2D eigenvalue weighted by Gasteiger charge is 2.38. The normalized spacial score (nSPS) is 41.5. The lowest BCUT2D eigenvalue weighted by molar-refractivity contribution is 0.143. The third kappa shape index (κ3) is 1.85. The molecule has 2 fully saturated rings. The smallest absolute Gasteiger partial charge is 0.0139 e. The average Bonchev–Trinajstić information content (AvgIpc) is 2.76. The molecule has 2 heteroatoms. The summed E-state index contributed by atoms with van der Waals surface area (Å²) in [6.45, 7) is 0. The Balaban J connectivity index is 1.56. The molecule has 0 amide bonds. The molecular weight excluding hydrogens is 184 g/mol. The Hall–Kier alpha value is -0.340. The predicted molar refractivity (Wildman–Crippen MR) is 62.9 cm³/mol. The standard InChI is InChI=1S/C13H22N2/c1-15-12-6-7-13(15)9-11(8-12)14-10-4-2-3-5-10/h2-3,10-14H,4-9H2,1H3. The van der Waals surface area contributed by atoms with Crippen LogP contribution in [0.4, 0.5) is 0 Å². The Bertz CT molecular complexity index is 239. The highest BCUT2D eigenvalue weighted by molar-refractivity contribution is 5.01. The highest BCUT2D eigenvalue weighted by atomic mass is 15.2. The summed E-state index contributed by atoms with van der Waals surface area (Å²) in [6.07, 6.45) is 12.8. The first-order valence-electron chi connectivity index (χ1n) is 6.46. The molecule has 2 unspecified atom stereocenters. The second-order valence-electron chi connectivity index (χ2n) is 5.53. The Labute approximate surface area is 92.7 Å². The lowest BCUT2D eigenvalue weighted by Crippen LogP contribution is -2.49. The van der Waals surface area contributed by atoms with Crippen LogP contribution in [0.3, 0.4) is 0 Å². The van der Waals surface area contributed by atoms with E-state index in [0.29, 0.717) is 0 Å². The van der Waals surface area contributed by atoms with Gasteiger partial charge >= 0.3 is 0 Å². The number of hydrogen-bond donors (Lipinski definition) is 1. The molecule has 0 saturated carbocycles. The Kier molecular flexibility index (Phi) is 2.57. The van der Waals surface area contributed by atoms with Crippen LogP contribution in [0.2, 0.25) is 0 Å². The molecule has 3 rings (SSSR count). The van der Waals surface area contributed by atoms with E-state index in [1.165, 1.54) is 38.5 Å². The molecule has 2 heterocycles. The van der Waals surface area contributed by atoms with Gasteiger partial charge in [0.25, 0.3) is 0 Å². The van der Waals surface area contributed by atoms with Crippen LogP contribution >= 0.6 is 0 Å². The van der Waals surface area contributed by atoms with E-state index in [9.17, 15) is 0 Å². The van der Waals surface area contributed by atoms with Crippen molar-refractivity contribution in [2.45, 2.75) is 62.7 Å². The van der Waals surface area contributed by atoms with Crippen molar-refractivity contribution in [2.75, 3.05) is 7.05 Å². The molecule has 2 nitrogen and oxygen atoms in total. The largest absolute Gasteiger partial charge is 0.310 e. The minimum Gasteiger partial charge on any atom is -0.310 e. The number of rotatable bonds is 2. The highest BCUT2D eigenvalue weighted by Crippen LogP contribution is 2.34. The first kappa shape index (κ1) is 9.86. The molecule has 15 heavy (non-hydrogen) atoms. The van der Waals surface area contributed by atoms with Crippen LogP contribution in [0.1, 0.15) is 38.5 Å². The predicted octanol–water partition coefficient (Wildman–Crippen LogP) is 1.92. The maximum Gasteiger partial charge on any atom is 0.0139 e. The first-order valence-corrected chi connectivity index (χ1v) is 6.46. The maximum absolute atomic E-state index is 3.85. The van der Waals surface area contributed by atoms with E-state index in [1.807, 2.05) is 0 Å². The van der Waals surface area contributed by atoms with Gasteiger partial charge in [-0.05, 0) is 45.6 Å². The van der Waals surface area contributed by atoms with Gasteiger partial charge in [-0.3, -0.25) is 0 Å². The quantitative estimate of drug-likeness (QED) is 0.694. The van der Waals surface area contributed by atoms with Crippen molar-refractivity contribution >= 4 is 0 Å². The van der Waals surface area contributed by atoms with Crippen LogP contribution < -0.4 is 5.32 Å². The molecule has 0 spiro atoms. The molecule has 1 aliphatic carbocycles. The summed E-state index contributed by atoms with van der Waals surface area (Å²) in [6, 6.07) is 3.28. The van der Waals surface area contributed by atoms with Crippen molar-refractivity contribution in [3.05, 3.63) is 12.2 Å². The first-order chi connectivity index (χ1) is 7.33. The summed E-state index contributed by atoms with van der Waals surface area (Å²) in [5, 5.41) is 3.85. The van der Waals surface area contributed by atoms with Crippen molar-refractivity contribution in [3.8, 4) is 0 Å². The molecule has 0 radical (unpaired) electrons. The zero-order chi connectivity index (χ0) is 10.3. The SMILES string of the molecule is CN1C2CCC1CC(NC1CC=CC1)C2. The number of fused-ring (bicyclic) bond motifs is 2. The zero-order valence-corrected chi connectivity index (χ0v) is 9.65. The lowest BCUT2D eigenvalue weighted by atomic mass is 9.97. The van der Waals surface area contributed by atoms with E-state index in [-0.39, 0.29) is 0 Å². The van der Waals surface area contributed by atoms with E-state index in [2.05, 4.69) is 29.4 Å². The summed E-state index contributed by atoms with van der Waals surface area (Å²) in [5.41, 5.74) is 0. The molecule has 2 bridgehead atoms. The monoisotopic (exact) mass is 206 g/mol. The number of nitrogens with one attached hydrogen (secondary N) is 1. The second-order valence-corrected chi connectivity index (χ2v) is 5.53. The summed E-state index contributed by atoms with van der Waals surface area (Å²) in [7, 11) is 2.32. The van der Waals surface area contributed by atoms with E-state index >= 15 is 0 Å². The molecule has 0 aromatic heterocycles. The van der Waals surface area contributed by atoms with Gasteiger partial charge in [0.05, 0.1) is 0 Å². The third-order valence-corrected chi connectivity index (χ3v) is 4.58. The summed E-state index contributed by atoms with van der Waals surface area (Å²) in [5.74, 6) is 0. The van der Waals surface area contributed by atoms with Crippen molar-refractivity contribution in [2.24, 2.45) is 0 Å². The van der Waals surface area contributed by atoms with Gasteiger partial charge in [0.1, 0.15) is 0 Å². The fourth-order valence-electron chi connectivity index (χ4n) is 3.63. The average molecular weight is 206 g/mol. The van der Waals surface area contributed by atoms with Crippen LogP contribution in [0.25, 0.3) is 0 Å². The molecule has 0 aromatic rings. The third-order valence-electron chi connectivity index (χ3n) is 4.58. The van der Waals surface area contributed by atoms with Gasteiger partial charge in [-0.2, -0.15) is 0 Å². The van der Waals surface area contributed by atoms with Gasteiger partial charge in [-0.15, -0.1) is 0 Å². The van der Waals surface area contributed by atoms with Gasteiger partial charge < -0.3 is 10.2 Å². The molecule has 84 valence electrons. The molecule has 2 aliphatic heterocycles. The molecule has 2 saturated heterocycles. The zero-order valence-electron chi connectivity index (χ0n) is 9.65. The van der Waals surface area contributed by atoms with Gasteiger partial charge in [0.2, 0.25) is 0 Å². The Morgan fingerprint density at radius 1 is 1.00 bits per heavy atom. The van der Waals surface area contributed by atoms with Crippen LogP contribution in [0.5, 0.6) is 0 Å². The number of nitrogens with zero attached hydrogens (tertiary/aromatic N) is 1. The minimum absolute atomic E-state index is 0.748. The van der Waals surface area contributed by atoms with Crippen molar-refractivity contribution in [1.29, 1.82) is 0 Å². The van der Waals surface area contributed by atoms with Crippen LogP contribution in [0, 0.1) is 0 Å². The molecular formula is C13H22N2. The molecule has 2 atom stereocenters.